The van der Waals surface area contributed by atoms with Crippen molar-refractivity contribution in [2.24, 2.45) is 29.4 Å². The lowest BCUT2D eigenvalue weighted by molar-refractivity contribution is -0.122. The number of hydrogen-bond donors (Lipinski definition) is 2. The minimum Gasteiger partial charge on any atom is -0.356 e. The Kier molecular flexibility index (Phi) is 6.34. The Labute approximate surface area is 124 Å². The molecular weight excluding hydrogens is 248 g/mol. The molecule has 2 fully saturated rings. The van der Waals surface area contributed by atoms with E-state index in [0.717, 1.165) is 25.4 Å². The minimum absolute atomic E-state index is 0.277. The number of carbonyl (C=O) groups is 1. The third-order valence-corrected chi connectivity index (χ3v) is 5.62. The lowest BCUT2D eigenvalue weighted by Gasteiger charge is -2.30. The molecule has 2 aliphatic carbocycles. The molecule has 2 unspecified atom stereocenters. The second kappa shape index (κ2) is 8.02. The van der Waals surface area contributed by atoms with E-state index in [0.29, 0.717) is 17.8 Å². The normalized spacial score (nSPS) is 34.7. The van der Waals surface area contributed by atoms with Crippen molar-refractivity contribution in [2.75, 3.05) is 13.1 Å². The van der Waals surface area contributed by atoms with Crippen molar-refractivity contribution in [3.63, 3.8) is 0 Å². The Bertz CT molecular complexity index is 297. The van der Waals surface area contributed by atoms with Crippen molar-refractivity contribution >= 4 is 5.91 Å². The van der Waals surface area contributed by atoms with Gasteiger partial charge >= 0.3 is 0 Å². The summed E-state index contributed by atoms with van der Waals surface area (Å²) in [5, 5.41) is 3.19. The molecule has 0 bridgehead atoms. The first-order valence-electron chi connectivity index (χ1n) is 8.65. The molecule has 2 atom stereocenters. The first-order chi connectivity index (χ1) is 9.69. The average molecular weight is 280 g/mol. The zero-order valence-corrected chi connectivity index (χ0v) is 13.1. The SMILES string of the molecule is CC1CCCCC1CNC(=O)CC1CCC(CN)CC1. The highest BCUT2D eigenvalue weighted by Gasteiger charge is 2.24. The maximum absolute atomic E-state index is 12.1. The molecule has 0 aromatic heterocycles. The first-order valence-corrected chi connectivity index (χ1v) is 8.65. The van der Waals surface area contributed by atoms with E-state index >= 15 is 0 Å². The van der Waals surface area contributed by atoms with Crippen LogP contribution < -0.4 is 11.1 Å². The van der Waals surface area contributed by atoms with E-state index in [1.54, 1.807) is 0 Å². The molecule has 2 rings (SSSR count). The topological polar surface area (TPSA) is 55.1 Å². The van der Waals surface area contributed by atoms with Gasteiger partial charge in [0.15, 0.2) is 0 Å². The summed E-state index contributed by atoms with van der Waals surface area (Å²) in [6.07, 6.45) is 10.9. The highest BCUT2D eigenvalue weighted by atomic mass is 16.1. The number of rotatable bonds is 5. The van der Waals surface area contributed by atoms with E-state index in [9.17, 15) is 4.79 Å². The fourth-order valence-corrected chi connectivity index (χ4v) is 3.95. The van der Waals surface area contributed by atoms with Crippen LogP contribution >= 0.6 is 0 Å². The Morgan fingerprint density at radius 1 is 1.05 bits per heavy atom. The summed E-state index contributed by atoms with van der Waals surface area (Å²) < 4.78 is 0. The summed E-state index contributed by atoms with van der Waals surface area (Å²) in [5.74, 6) is 3.07. The van der Waals surface area contributed by atoms with Gasteiger partial charge in [-0.05, 0) is 62.3 Å². The van der Waals surface area contributed by atoms with E-state index in [1.165, 1.54) is 51.4 Å². The molecule has 1 amide bonds. The summed E-state index contributed by atoms with van der Waals surface area (Å²) in [4.78, 5) is 12.1. The summed E-state index contributed by atoms with van der Waals surface area (Å²) in [7, 11) is 0. The number of amides is 1. The number of nitrogens with one attached hydrogen (secondary N) is 1. The summed E-state index contributed by atoms with van der Waals surface area (Å²) in [6, 6.07) is 0. The first kappa shape index (κ1) is 15.8. The van der Waals surface area contributed by atoms with E-state index in [1.807, 2.05) is 0 Å². The van der Waals surface area contributed by atoms with Crippen molar-refractivity contribution in [3.8, 4) is 0 Å². The molecule has 0 aromatic carbocycles. The van der Waals surface area contributed by atoms with Crippen LogP contribution in [0.1, 0.15) is 64.7 Å². The van der Waals surface area contributed by atoms with Gasteiger partial charge in [-0.15, -0.1) is 0 Å². The molecule has 0 aromatic rings. The van der Waals surface area contributed by atoms with Crippen molar-refractivity contribution < 1.29 is 4.79 Å². The number of carbonyl (C=O) groups excluding carboxylic acids is 1. The van der Waals surface area contributed by atoms with Gasteiger partial charge in [0.05, 0.1) is 0 Å². The quantitative estimate of drug-likeness (QED) is 0.813. The smallest absolute Gasteiger partial charge is 0.220 e. The van der Waals surface area contributed by atoms with Crippen molar-refractivity contribution in [1.82, 2.24) is 5.32 Å². The monoisotopic (exact) mass is 280 g/mol. The highest BCUT2D eigenvalue weighted by molar-refractivity contribution is 5.76. The second-order valence-corrected chi connectivity index (χ2v) is 7.15. The molecule has 116 valence electrons. The molecule has 2 aliphatic rings. The highest BCUT2D eigenvalue weighted by Crippen LogP contribution is 2.31. The zero-order valence-electron chi connectivity index (χ0n) is 13.1. The van der Waals surface area contributed by atoms with Gasteiger partial charge in [-0.1, -0.05) is 26.2 Å². The van der Waals surface area contributed by atoms with Gasteiger partial charge in [0, 0.05) is 13.0 Å². The van der Waals surface area contributed by atoms with Crippen LogP contribution in [-0.2, 0) is 4.79 Å². The van der Waals surface area contributed by atoms with Crippen molar-refractivity contribution in [2.45, 2.75) is 64.7 Å². The van der Waals surface area contributed by atoms with Gasteiger partial charge in [-0.25, -0.2) is 0 Å². The summed E-state index contributed by atoms with van der Waals surface area (Å²) >= 11 is 0. The van der Waals surface area contributed by atoms with E-state index in [-0.39, 0.29) is 5.91 Å². The van der Waals surface area contributed by atoms with Gasteiger partial charge in [0.2, 0.25) is 5.91 Å². The predicted molar refractivity (Wildman–Crippen MR) is 83.3 cm³/mol. The van der Waals surface area contributed by atoms with Crippen LogP contribution in [0, 0.1) is 23.7 Å². The maximum Gasteiger partial charge on any atom is 0.220 e. The molecule has 3 N–H and O–H groups in total. The lowest BCUT2D eigenvalue weighted by atomic mass is 9.79. The molecule has 3 heteroatoms. The summed E-state index contributed by atoms with van der Waals surface area (Å²) in [5.41, 5.74) is 5.71. The molecule has 0 spiro atoms. The minimum atomic E-state index is 0.277. The third kappa shape index (κ3) is 4.76. The van der Waals surface area contributed by atoms with Crippen LogP contribution in [0.5, 0.6) is 0 Å². The zero-order chi connectivity index (χ0) is 14.4. The predicted octanol–water partition coefficient (Wildman–Crippen LogP) is 3.08. The molecule has 0 aliphatic heterocycles. The van der Waals surface area contributed by atoms with E-state index in [2.05, 4.69) is 12.2 Å². The maximum atomic E-state index is 12.1. The van der Waals surface area contributed by atoms with Crippen LogP contribution in [-0.4, -0.2) is 19.0 Å². The van der Waals surface area contributed by atoms with Crippen LogP contribution in [0.25, 0.3) is 0 Å². The molecule has 0 radical (unpaired) electrons. The van der Waals surface area contributed by atoms with Gasteiger partial charge in [-0.3, -0.25) is 4.79 Å². The molecule has 2 saturated carbocycles. The Hall–Kier alpha value is -0.570. The lowest BCUT2D eigenvalue weighted by Crippen LogP contribution is -2.34. The van der Waals surface area contributed by atoms with Crippen LogP contribution in [0.4, 0.5) is 0 Å². The standard InChI is InChI=1S/C17H32N2O/c1-13-4-2-3-5-16(13)12-19-17(20)10-14-6-8-15(11-18)9-7-14/h13-16H,2-12,18H2,1H3,(H,19,20). The van der Waals surface area contributed by atoms with Gasteiger partial charge in [0.25, 0.3) is 0 Å². The van der Waals surface area contributed by atoms with Crippen LogP contribution in [0.2, 0.25) is 0 Å². The average Bonchev–Trinajstić information content (AvgIpc) is 2.47. The fraction of sp³-hybridized carbons (Fsp3) is 0.941. The Morgan fingerprint density at radius 2 is 1.70 bits per heavy atom. The number of nitrogens with two attached hydrogens (primary N) is 1. The van der Waals surface area contributed by atoms with Gasteiger partial charge in [-0.2, -0.15) is 0 Å². The molecule has 0 heterocycles. The summed E-state index contributed by atoms with van der Waals surface area (Å²) in [6.45, 7) is 4.06. The number of hydrogen-bond acceptors (Lipinski definition) is 2. The van der Waals surface area contributed by atoms with E-state index < -0.39 is 0 Å². The van der Waals surface area contributed by atoms with Crippen molar-refractivity contribution in [1.29, 1.82) is 0 Å². The molecule has 0 saturated heterocycles. The Morgan fingerprint density at radius 3 is 2.35 bits per heavy atom. The fourth-order valence-electron chi connectivity index (χ4n) is 3.95. The third-order valence-electron chi connectivity index (χ3n) is 5.62. The van der Waals surface area contributed by atoms with Crippen LogP contribution in [0.3, 0.4) is 0 Å². The molecule has 20 heavy (non-hydrogen) atoms. The van der Waals surface area contributed by atoms with Gasteiger partial charge in [0.1, 0.15) is 0 Å². The van der Waals surface area contributed by atoms with Crippen molar-refractivity contribution in [3.05, 3.63) is 0 Å². The Balaban J connectivity index is 1.63. The second-order valence-electron chi connectivity index (χ2n) is 7.15. The molecular formula is C17H32N2O. The molecule has 3 nitrogen and oxygen atoms in total. The largest absolute Gasteiger partial charge is 0.356 e. The van der Waals surface area contributed by atoms with Gasteiger partial charge < -0.3 is 11.1 Å². The van der Waals surface area contributed by atoms with E-state index in [4.69, 9.17) is 5.73 Å². The van der Waals surface area contributed by atoms with Crippen LogP contribution in [0.15, 0.2) is 0 Å².